The summed E-state index contributed by atoms with van der Waals surface area (Å²) in [5.74, 6) is -0.906. The first-order valence-electron chi connectivity index (χ1n) is 8.21. The Kier molecular flexibility index (Phi) is 5.69. The number of methoxy groups -OCH3 is 2. The normalized spacial score (nSPS) is 10.3. The van der Waals surface area contributed by atoms with Crippen molar-refractivity contribution in [1.82, 2.24) is 4.98 Å². The molecule has 0 fully saturated rings. The van der Waals surface area contributed by atoms with Crippen molar-refractivity contribution >= 4 is 23.1 Å². The van der Waals surface area contributed by atoms with E-state index in [1.165, 1.54) is 12.3 Å². The van der Waals surface area contributed by atoms with Crippen LogP contribution in [0.25, 0.3) is 0 Å². The van der Waals surface area contributed by atoms with Crippen LogP contribution >= 0.6 is 0 Å². The maximum Gasteiger partial charge on any atom is 0.255 e. The topological polar surface area (TPSA) is 72.5 Å². The minimum absolute atomic E-state index is 0.00377. The van der Waals surface area contributed by atoms with Gasteiger partial charge in [-0.05, 0) is 42.5 Å². The minimum atomic E-state index is -1.08. The summed E-state index contributed by atoms with van der Waals surface area (Å²) in [7, 11) is 3.11. The zero-order valence-electron chi connectivity index (χ0n) is 15.1. The average molecular weight is 385 g/mol. The van der Waals surface area contributed by atoms with Crippen molar-refractivity contribution in [3.8, 4) is 11.5 Å². The first-order chi connectivity index (χ1) is 13.5. The molecule has 0 aliphatic heterocycles. The Morgan fingerprint density at radius 2 is 1.79 bits per heavy atom. The lowest BCUT2D eigenvalue weighted by Crippen LogP contribution is -2.12. The van der Waals surface area contributed by atoms with Gasteiger partial charge in [0, 0.05) is 11.6 Å². The Hall–Kier alpha value is -3.68. The molecule has 0 aliphatic carbocycles. The molecule has 2 aromatic carbocycles. The summed E-state index contributed by atoms with van der Waals surface area (Å²) >= 11 is 0. The zero-order valence-corrected chi connectivity index (χ0v) is 15.1. The number of rotatable bonds is 6. The van der Waals surface area contributed by atoms with Crippen molar-refractivity contribution < 1.29 is 23.0 Å². The van der Waals surface area contributed by atoms with Crippen LogP contribution in [0, 0.1) is 11.6 Å². The van der Waals surface area contributed by atoms with Gasteiger partial charge in [-0.2, -0.15) is 0 Å². The second-order valence-corrected chi connectivity index (χ2v) is 5.71. The van der Waals surface area contributed by atoms with Crippen LogP contribution in [0.1, 0.15) is 10.4 Å². The molecule has 0 bridgehead atoms. The fourth-order valence-corrected chi connectivity index (χ4v) is 2.42. The molecule has 3 aromatic rings. The van der Waals surface area contributed by atoms with Crippen LogP contribution < -0.4 is 20.1 Å². The molecule has 0 radical (unpaired) electrons. The van der Waals surface area contributed by atoms with E-state index in [0.717, 1.165) is 12.1 Å². The van der Waals surface area contributed by atoms with Crippen molar-refractivity contribution in [2.75, 3.05) is 24.9 Å². The smallest absolute Gasteiger partial charge is 0.255 e. The molecular formula is C20H17F2N3O3. The van der Waals surface area contributed by atoms with E-state index < -0.39 is 17.5 Å². The number of nitrogens with zero attached hydrogens (tertiary/aromatic N) is 1. The van der Waals surface area contributed by atoms with Crippen LogP contribution in [-0.4, -0.2) is 25.1 Å². The number of benzene rings is 2. The van der Waals surface area contributed by atoms with Crippen molar-refractivity contribution in [1.29, 1.82) is 0 Å². The molecule has 3 rings (SSSR count). The SMILES string of the molecule is COc1ccc(Nc2ccc(NC(=O)c3ccc(F)c(F)c3)cn2)c(OC)c1. The first-order valence-corrected chi connectivity index (χ1v) is 8.21. The van der Waals surface area contributed by atoms with Crippen LogP contribution in [0.5, 0.6) is 11.5 Å². The van der Waals surface area contributed by atoms with Crippen molar-refractivity contribution in [2.24, 2.45) is 0 Å². The van der Waals surface area contributed by atoms with Gasteiger partial charge in [0.2, 0.25) is 0 Å². The first kappa shape index (κ1) is 19.1. The van der Waals surface area contributed by atoms with Crippen molar-refractivity contribution in [2.45, 2.75) is 0 Å². The molecule has 0 unspecified atom stereocenters. The number of ether oxygens (including phenoxy) is 2. The highest BCUT2D eigenvalue weighted by atomic mass is 19.2. The van der Waals surface area contributed by atoms with Crippen molar-refractivity contribution in [3.05, 3.63) is 71.9 Å². The van der Waals surface area contributed by atoms with E-state index in [1.807, 2.05) is 0 Å². The molecule has 144 valence electrons. The fraction of sp³-hybridized carbons (Fsp3) is 0.100. The van der Waals surface area contributed by atoms with Gasteiger partial charge in [-0.15, -0.1) is 0 Å². The molecule has 1 heterocycles. The summed E-state index contributed by atoms with van der Waals surface area (Å²) in [6.45, 7) is 0. The number of amides is 1. The Labute approximate surface area is 160 Å². The van der Waals surface area contributed by atoms with Gasteiger partial charge in [-0.3, -0.25) is 4.79 Å². The molecule has 2 N–H and O–H groups in total. The Balaban J connectivity index is 1.70. The Morgan fingerprint density at radius 1 is 0.964 bits per heavy atom. The van der Waals surface area contributed by atoms with Gasteiger partial charge in [0.05, 0.1) is 31.8 Å². The molecule has 6 nitrogen and oxygen atoms in total. The van der Waals surface area contributed by atoms with E-state index in [9.17, 15) is 13.6 Å². The molecule has 1 aromatic heterocycles. The standard InChI is InChI=1S/C20H17F2N3O3/c1-27-14-5-7-17(18(10-14)28-2)25-19-8-4-13(11-23-19)24-20(26)12-3-6-15(21)16(22)9-12/h3-11H,1-2H3,(H,23,25)(H,24,26). The van der Waals surface area contributed by atoms with E-state index in [2.05, 4.69) is 15.6 Å². The van der Waals surface area contributed by atoms with E-state index in [1.54, 1.807) is 44.6 Å². The van der Waals surface area contributed by atoms with Gasteiger partial charge in [0.1, 0.15) is 17.3 Å². The maximum atomic E-state index is 13.3. The number of hydrogen-bond donors (Lipinski definition) is 2. The summed E-state index contributed by atoms with van der Waals surface area (Å²) in [6, 6.07) is 11.5. The third-order valence-corrected chi connectivity index (χ3v) is 3.87. The molecule has 0 saturated carbocycles. The lowest BCUT2D eigenvalue weighted by atomic mass is 10.2. The van der Waals surface area contributed by atoms with Crippen LogP contribution in [0.4, 0.5) is 26.0 Å². The molecule has 0 saturated heterocycles. The molecular weight excluding hydrogens is 368 g/mol. The van der Waals surface area contributed by atoms with Crippen LogP contribution in [0.3, 0.4) is 0 Å². The van der Waals surface area contributed by atoms with E-state index >= 15 is 0 Å². The molecule has 0 spiro atoms. The maximum absolute atomic E-state index is 13.3. The average Bonchev–Trinajstić information content (AvgIpc) is 2.71. The molecule has 0 atom stereocenters. The molecule has 28 heavy (non-hydrogen) atoms. The van der Waals surface area contributed by atoms with Crippen molar-refractivity contribution in [3.63, 3.8) is 0 Å². The number of carbonyl (C=O) groups excluding carboxylic acids is 1. The van der Waals surface area contributed by atoms with Gasteiger partial charge in [-0.25, -0.2) is 13.8 Å². The van der Waals surface area contributed by atoms with Gasteiger partial charge < -0.3 is 20.1 Å². The third kappa shape index (κ3) is 4.35. The van der Waals surface area contributed by atoms with Gasteiger partial charge >= 0.3 is 0 Å². The largest absolute Gasteiger partial charge is 0.497 e. The summed E-state index contributed by atoms with van der Waals surface area (Å²) in [5.41, 5.74) is 1.10. The highest BCUT2D eigenvalue weighted by Crippen LogP contribution is 2.31. The number of anilines is 3. The number of hydrogen-bond acceptors (Lipinski definition) is 5. The summed E-state index contributed by atoms with van der Waals surface area (Å²) in [5, 5.41) is 5.68. The van der Waals surface area contributed by atoms with Crippen LogP contribution in [-0.2, 0) is 0 Å². The molecule has 8 heteroatoms. The zero-order chi connectivity index (χ0) is 20.1. The van der Waals surface area contributed by atoms with Crippen LogP contribution in [0.2, 0.25) is 0 Å². The summed E-state index contributed by atoms with van der Waals surface area (Å²) in [6.07, 6.45) is 1.44. The number of carbonyl (C=O) groups is 1. The van der Waals surface area contributed by atoms with Gasteiger partial charge in [0.25, 0.3) is 5.91 Å². The second-order valence-electron chi connectivity index (χ2n) is 5.71. The lowest BCUT2D eigenvalue weighted by Gasteiger charge is -2.12. The lowest BCUT2D eigenvalue weighted by molar-refractivity contribution is 0.102. The second kappa shape index (κ2) is 8.34. The number of aromatic nitrogens is 1. The highest BCUT2D eigenvalue weighted by molar-refractivity contribution is 6.04. The Morgan fingerprint density at radius 3 is 2.43 bits per heavy atom. The van der Waals surface area contributed by atoms with Gasteiger partial charge in [0.15, 0.2) is 11.6 Å². The predicted molar refractivity (Wildman–Crippen MR) is 101 cm³/mol. The molecule has 1 amide bonds. The number of pyridine rings is 1. The highest BCUT2D eigenvalue weighted by Gasteiger charge is 2.11. The molecule has 0 aliphatic rings. The van der Waals surface area contributed by atoms with Crippen LogP contribution in [0.15, 0.2) is 54.7 Å². The number of nitrogens with one attached hydrogen (secondary N) is 2. The minimum Gasteiger partial charge on any atom is -0.497 e. The Bertz CT molecular complexity index is 994. The van der Waals surface area contributed by atoms with E-state index in [4.69, 9.17) is 9.47 Å². The number of halogens is 2. The third-order valence-electron chi connectivity index (χ3n) is 3.87. The predicted octanol–water partition coefficient (Wildman–Crippen LogP) is 4.37. The van der Waals surface area contributed by atoms with E-state index in [0.29, 0.717) is 28.7 Å². The summed E-state index contributed by atoms with van der Waals surface area (Å²) < 4.78 is 36.7. The van der Waals surface area contributed by atoms with Gasteiger partial charge in [-0.1, -0.05) is 0 Å². The monoisotopic (exact) mass is 385 g/mol. The quantitative estimate of drug-likeness (QED) is 0.659. The fourth-order valence-electron chi connectivity index (χ4n) is 2.42. The van der Waals surface area contributed by atoms with E-state index in [-0.39, 0.29) is 5.56 Å². The summed E-state index contributed by atoms with van der Waals surface area (Å²) in [4.78, 5) is 16.3.